The number of likely N-dealkylation sites (N-methyl/N-ethyl adjacent to an activating group) is 2. The molecule has 1 aromatic rings. The first kappa shape index (κ1) is 14.1. The lowest BCUT2D eigenvalue weighted by Crippen LogP contribution is -2.35. The van der Waals surface area contributed by atoms with E-state index in [1.807, 2.05) is 7.05 Å². The van der Waals surface area contributed by atoms with Crippen LogP contribution in [0.4, 0.5) is 5.82 Å². The summed E-state index contributed by atoms with van der Waals surface area (Å²) in [7, 11) is 3.50. The molecule has 0 bridgehead atoms. The molecule has 0 aromatic carbocycles. The highest BCUT2D eigenvalue weighted by molar-refractivity contribution is 5.75. The largest absolute Gasteiger partial charge is 0.381 e. The summed E-state index contributed by atoms with van der Waals surface area (Å²) in [5, 5.41) is 13.5. The molecule has 0 fully saturated rings. The third-order valence-electron chi connectivity index (χ3n) is 2.58. The first-order valence-corrected chi connectivity index (χ1v) is 5.52. The van der Waals surface area contributed by atoms with Crippen LogP contribution in [0.15, 0.2) is 6.20 Å². The Morgan fingerprint density at radius 1 is 1.67 bits per heavy atom. The first-order valence-electron chi connectivity index (χ1n) is 5.52. The van der Waals surface area contributed by atoms with E-state index < -0.39 is 4.92 Å². The summed E-state index contributed by atoms with van der Waals surface area (Å²) in [6.45, 7) is 2.98. The van der Waals surface area contributed by atoms with Crippen molar-refractivity contribution in [2.45, 2.75) is 13.5 Å². The minimum absolute atomic E-state index is 0.0624. The van der Waals surface area contributed by atoms with Gasteiger partial charge < -0.3 is 20.3 Å². The van der Waals surface area contributed by atoms with Gasteiger partial charge >= 0.3 is 5.82 Å². The molecule has 0 atom stereocenters. The van der Waals surface area contributed by atoms with E-state index in [4.69, 9.17) is 0 Å². The number of nitro groups is 1. The summed E-state index contributed by atoms with van der Waals surface area (Å²) in [5.41, 5.74) is 0. The van der Waals surface area contributed by atoms with Crippen LogP contribution >= 0.6 is 0 Å². The SMILES string of the molecule is CNCCN(C)C(=O)Cn1cc([N+](=O)[O-])nc1C. The second-order valence-corrected chi connectivity index (χ2v) is 3.95. The van der Waals surface area contributed by atoms with Gasteiger partial charge in [-0.1, -0.05) is 0 Å². The maximum atomic E-state index is 11.8. The molecule has 1 heterocycles. The summed E-state index contributed by atoms with van der Waals surface area (Å²) in [4.78, 5) is 27.1. The van der Waals surface area contributed by atoms with Crippen LogP contribution in [0, 0.1) is 17.0 Å². The van der Waals surface area contributed by atoms with Crippen molar-refractivity contribution in [3.8, 4) is 0 Å². The second kappa shape index (κ2) is 6.10. The molecule has 0 saturated heterocycles. The van der Waals surface area contributed by atoms with E-state index in [-0.39, 0.29) is 18.3 Å². The average Bonchev–Trinajstić information content (AvgIpc) is 2.68. The average molecular weight is 255 g/mol. The molecular formula is C10H17N5O3. The van der Waals surface area contributed by atoms with Gasteiger partial charge in [0.15, 0.2) is 0 Å². The smallest absolute Gasteiger partial charge is 0.358 e. The Bertz CT molecular complexity index is 443. The number of hydrogen-bond acceptors (Lipinski definition) is 5. The van der Waals surface area contributed by atoms with Crippen LogP contribution < -0.4 is 5.32 Å². The summed E-state index contributed by atoms with van der Waals surface area (Å²) < 4.78 is 1.48. The highest BCUT2D eigenvalue weighted by Gasteiger charge is 2.18. The summed E-state index contributed by atoms with van der Waals surface area (Å²) in [6.07, 6.45) is 1.28. The number of aryl methyl sites for hydroxylation is 1. The molecule has 1 N–H and O–H groups in total. The lowest BCUT2D eigenvalue weighted by Gasteiger charge is -2.16. The molecule has 0 spiro atoms. The van der Waals surface area contributed by atoms with Crippen LogP contribution in [0.1, 0.15) is 5.82 Å². The van der Waals surface area contributed by atoms with Gasteiger partial charge in [0.25, 0.3) is 0 Å². The Morgan fingerprint density at radius 3 is 2.83 bits per heavy atom. The quantitative estimate of drug-likeness (QED) is 0.560. The van der Waals surface area contributed by atoms with Crippen LogP contribution in [0.5, 0.6) is 0 Å². The third-order valence-corrected chi connectivity index (χ3v) is 2.58. The predicted molar refractivity (Wildman–Crippen MR) is 65.2 cm³/mol. The monoisotopic (exact) mass is 255 g/mol. The predicted octanol–water partition coefficient (Wildman–Crippen LogP) is -0.222. The summed E-state index contributed by atoms with van der Waals surface area (Å²) in [5.74, 6) is 0.107. The van der Waals surface area contributed by atoms with E-state index >= 15 is 0 Å². The lowest BCUT2D eigenvalue weighted by molar-refractivity contribution is -0.389. The third kappa shape index (κ3) is 3.52. The molecule has 18 heavy (non-hydrogen) atoms. The second-order valence-electron chi connectivity index (χ2n) is 3.95. The number of aromatic nitrogens is 2. The molecule has 100 valence electrons. The highest BCUT2D eigenvalue weighted by Crippen LogP contribution is 2.10. The first-order chi connectivity index (χ1) is 8.45. The van der Waals surface area contributed by atoms with Crippen molar-refractivity contribution in [1.82, 2.24) is 19.8 Å². The number of hydrogen-bond donors (Lipinski definition) is 1. The van der Waals surface area contributed by atoms with Gasteiger partial charge in [0.1, 0.15) is 12.7 Å². The fraction of sp³-hybridized carbons (Fsp3) is 0.600. The maximum absolute atomic E-state index is 11.8. The van der Waals surface area contributed by atoms with Gasteiger partial charge in [0.2, 0.25) is 11.7 Å². The Balaban J connectivity index is 2.66. The zero-order chi connectivity index (χ0) is 13.7. The number of amides is 1. The molecule has 0 saturated carbocycles. The normalized spacial score (nSPS) is 10.4. The van der Waals surface area contributed by atoms with E-state index in [1.165, 1.54) is 10.8 Å². The Hall–Kier alpha value is -1.96. The summed E-state index contributed by atoms with van der Waals surface area (Å²) >= 11 is 0. The van der Waals surface area contributed by atoms with Crippen LogP contribution in [-0.2, 0) is 11.3 Å². The van der Waals surface area contributed by atoms with Crippen molar-refractivity contribution in [2.75, 3.05) is 27.2 Å². The van der Waals surface area contributed by atoms with Crippen LogP contribution in [0.2, 0.25) is 0 Å². The van der Waals surface area contributed by atoms with Gasteiger partial charge in [-0.25, -0.2) is 0 Å². The molecule has 1 amide bonds. The number of imidazole rings is 1. The van der Waals surface area contributed by atoms with Gasteiger partial charge in [0, 0.05) is 27.1 Å². The van der Waals surface area contributed by atoms with Crippen LogP contribution in [0.25, 0.3) is 0 Å². The fourth-order valence-electron chi connectivity index (χ4n) is 1.41. The van der Waals surface area contributed by atoms with Gasteiger partial charge in [-0.2, -0.15) is 0 Å². The number of nitrogens with one attached hydrogen (secondary N) is 1. The fourth-order valence-corrected chi connectivity index (χ4v) is 1.41. The van der Waals surface area contributed by atoms with Crippen molar-refractivity contribution in [1.29, 1.82) is 0 Å². The zero-order valence-corrected chi connectivity index (χ0v) is 10.7. The number of nitrogens with zero attached hydrogens (tertiary/aromatic N) is 4. The molecule has 8 nitrogen and oxygen atoms in total. The Kier molecular flexibility index (Phi) is 4.78. The maximum Gasteiger partial charge on any atom is 0.381 e. The molecule has 1 rings (SSSR count). The minimum Gasteiger partial charge on any atom is -0.358 e. The topological polar surface area (TPSA) is 93.3 Å². The minimum atomic E-state index is -0.571. The van der Waals surface area contributed by atoms with E-state index in [2.05, 4.69) is 10.3 Å². The molecule has 0 aliphatic rings. The molecule has 0 aliphatic heterocycles. The molecule has 0 radical (unpaired) electrons. The standard InChI is InChI=1S/C10H17N5O3/c1-8-12-9(15(17)18)6-14(8)7-10(16)13(3)5-4-11-2/h6,11H,4-5,7H2,1-3H3. The van der Waals surface area contributed by atoms with Crippen molar-refractivity contribution < 1.29 is 9.72 Å². The van der Waals surface area contributed by atoms with E-state index in [9.17, 15) is 14.9 Å². The lowest BCUT2D eigenvalue weighted by atomic mass is 10.4. The Labute approximate surface area is 105 Å². The summed E-state index contributed by atoms with van der Waals surface area (Å²) in [6, 6.07) is 0. The van der Waals surface area contributed by atoms with Gasteiger partial charge in [-0.15, -0.1) is 0 Å². The number of rotatable bonds is 6. The van der Waals surface area contributed by atoms with E-state index in [0.29, 0.717) is 18.9 Å². The van der Waals surface area contributed by atoms with Crippen molar-refractivity contribution in [2.24, 2.45) is 0 Å². The van der Waals surface area contributed by atoms with Crippen molar-refractivity contribution in [3.05, 3.63) is 22.1 Å². The molecule has 1 aromatic heterocycles. The molecular weight excluding hydrogens is 238 g/mol. The van der Waals surface area contributed by atoms with E-state index in [1.54, 1.807) is 18.9 Å². The molecule has 0 aliphatic carbocycles. The van der Waals surface area contributed by atoms with Crippen molar-refractivity contribution in [3.63, 3.8) is 0 Å². The van der Waals surface area contributed by atoms with Crippen molar-refractivity contribution >= 4 is 11.7 Å². The number of carbonyl (C=O) groups is 1. The van der Waals surface area contributed by atoms with Gasteiger partial charge in [-0.05, 0) is 17.0 Å². The highest BCUT2D eigenvalue weighted by atomic mass is 16.6. The molecule has 0 unspecified atom stereocenters. The van der Waals surface area contributed by atoms with Gasteiger partial charge in [-0.3, -0.25) is 9.36 Å². The molecule has 8 heteroatoms. The Morgan fingerprint density at radius 2 is 2.33 bits per heavy atom. The van der Waals surface area contributed by atoms with Crippen LogP contribution in [0.3, 0.4) is 0 Å². The van der Waals surface area contributed by atoms with Gasteiger partial charge in [0.05, 0.1) is 0 Å². The zero-order valence-electron chi connectivity index (χ0n) is 10.7. The van der Waals surface area contributed by atoms with E-state index in [0.717, 1.165) is 0 Å². The number of carbonyl (C=O) groups excluding carboxylic acids is 1. The van der Waals surface area contributed by atoms with Crippen LogP contribution in [-0.4, -0.2) is 52.5 Å².